The molecule has 1 aromatic rings. The van der Waals surface area contributed by atoms with Gasteiger partial charge in [-0.15, -0.1) is 0 Å². The van der Waals surface area contributed by atoms with Crippen LogP contribution in [0.25, 0.3) is 0 Å². The van der Waals surface area contributed by atoms with Crippen molar-refractivity contribution in [2.45, 2.75) is 174 Å². The van der Waals surface area contributed by atoms with Crippen molar-refractivity contribution < 1.29 is 14.5 Å². The van der Waals surface area contributed by atoms with Gasteiger partial charge in [0, 0.05) is 24.5 Å². The molecule has 0 amide bonds. The highest BCUT2D eigenvalue weighted by Crippen LogP contribution is 2.13. The van der Waals surface area contributed by atoms with Crippen LogP contribution in [0.1, 0.15) is 168 Å². The van der Waals surface area contributed by atoms with Crippen molar-refractivity contribution >= 4 is 5.97 Å². The lowest BCUT2D eigenvalue weighted by atomic mass is 10.0. The number of pyridine rings is 1. The molecule has 0 unspecified atom stereocenters. The molecule has 0 saturated heterocycles. The van der Waals surface area contributed by atoms with E-state index in [9.17, 15) is 9.90 Å². The third kappa shape index (κ3) is 28.9. The number of carbonyl (C=O) groups excluding carboxylic acids is 1. The minimum Gasteiger partial charge on any atom is -0.550 e. The molecule has 0 aliphatic carbocycles. The summed E-state index contributed by atoms with van der Waals surface area (Å²) in [5.74, 6) is -0.903. The van der Waals surface area contributed by atoms with Crippen LogP contribution in [0.5, 0.6) is 0 Å². The number of hydrogen-bond donors (Lipinski definition) is 0. The molecule has 0 aliphatic heterocycles. The molecule has 3 nitrogen and oxygen atoms in total. The van der Waals surface area contributed by atoms with Crippen LogP contribution < -0.4 is 9.67 Å². The van der Waals surface area contributed by atoms with E-state index in [-0.39, 0.29) is 6.42 Å². The van der Waals surface area contributed by atoms with Gasteiger partial charge in [-0.05, 0) is 19.3 Å². The Morgan fingerprint density at radius 1 is 0.500 bits per heavy atom. The van der Waals surface area contributed by atoms with Gasteiger partial charge in [-0.2, -0.15) is 0 Å². The van der Waals surface area contributed by atoms with Crippen LogP contribution in [0.2, 0.25) is 0 Å². The lowest BCUT2D eigenvalue weighted by molar-refractivity contribution is -0.697. The fourth-order valence-corrected chi connectivity index (χ4v) is 4.65. The molecule has 0 atom stereocenters. The number of hydrogen-bond acceptors (Lipinski definition) is 2. The Hall–Kier alpha value is -1.38. The first-order chi connectivity index (χ1) is 17.7. The van der Waals surface area contributed by atoms with Crippen molar-refractivity contribution in [3.05, 3.63) is 30.6 Å². The SMILES string of the molecule is CCCCCCCCCCCCCCCCCC(=O)[O-].CCCCCCCCCC[n+]1ccccc1. The van der Waals surface area contributed by atoms with E-state index in [0.29, 0.717) is 0 Å². The number of carboxylic acid groups (broad SMARTS) is 1. The van der Waals surface area contributed by atoms with Crippen molar-refractivity contribution in [1.29, 1.82) is 0 Å². The van der Waals surface area contributed by atoms with Crippen molar-refractivity contribution in [3.8, 4) is 0 Å². The maximum absolute atomic E-state index is 10.2. The summed E-state index contributed by atoms with van der Waals surface area (Å²) >= 11 is 0. The van der Waals surface area contributed by atoms with Gasteiger partial charge < -0.3 is 9.90 Å². The smallest absolute Gasteiger partial charge is 0.168 e. The van der Waals surface area contributed by atoms with E-state index in [4.69, 9.17) is 0 Å². The molecule has 0 aromatic carbocycles. The van der Waals surface area contributed by atoms with Crippen LogP contribution in [0.4, 0.5) is 0 Å². The Bertz CT molecular complexity index is 546. The van der Waals surface area contributed by atoms with Crippen LogP contribution in [0, 0.1) is 0 Å². The lowest BCUT2D eigenvalue weighted by Crippen LogP contribution is -2.32. The quantitative estimate of drug-likeness (QED) is 0.0986. The van der Waals surface area contributed by atoms with Gasteiger partial charge in [0.15, 0.2) is 12.4 Å². The molecule has 3 heteroatoms. The topological polar surface area (TPSA) is 44.0 Å². The fourth-order valence-electron chi connectivity index (χ4n) is 4.65. The Labute approximate surface area is 225 Å². The van der Waals surface area contributed by atoms with E-state index >= 15 is 0 Å². The Kier molecular flexibility index (Phi) is 28.7. The molecular formula is C33H61NO2. The molecule has 1 aromatic heterocycles. The molecule has 0 saturated carbocycles. The predicted molar refractivity (Wildman–Crippen MR) is 154 cm³/mol. The molecule has 0 radical (unpaired) electrons. The normalized spacial score (nSPS) is 10.7. The van der Waals surface area contributed by atoms with Gasteiger partial charge in [0.05, 0.1) is 0 Å². The Morgan fingerprint density at radius 2 is 0.833 bits per heavy atom. The number of carbonyl (C=O) groups is 1. The second-order valence-electron chi connectivity index (χ2n) is 10.7. The molecule has 0 N–H and O–H groups in total. The van der Waals surface area contributed by atoms with Gasteiger partial charge in [-0.1, -0.05) is 148 Å². The minimum absolute atomic E-state index is 0.234. The third-order valence-corrected chi connectivity index (χ3v) is 7.03. The number of rotatable bonds is 25. The molecule has 210 valence electrons. The lowest BCUT2D eigenvalue weighted by Gasteiger charge is -2.04. The van der Waals surface area contributed by atoms with Gasteiger partial charge in [0.1, 0.15) is 6.54 Å². The highest BCUT2D eigenvalue weighted by Gasteiger charge is 1.98. The van der Waals surface area contributed by atoms with Crippen LogP contribution in [-0.4, -0.2) is 5.97 Å². The molecular weight excluding hydrogens is 442 g/mol. The second kappa shape index (κ2) is 29.8. The first kappa shape index (κ1) is 34.6. The summed E-state index contributed by atoms with van der Waals surface area (Å²) in [5, 5.41) is 10.2. The number of unbranched alkanes of at least 4 members (excludes halogenated alkanes) is 21. The van der Waals surface area contributed by atoms with Crippen molar-refractivity contribution in [2.75, 3.05) is 0 Å². The maximum atomic E-state index is 10.2. The molecule has 1 heterocycles. The molecule has 1 rings (SSSR count). The van der Waals surface area contributed by atoms with E-state index in [1.807, 2.05) is 0 Å². The number of aryl methyl sites for hydroxylation is 1. The zero-order valence-corrected chi connectivity index (χ0v) is 24.3. The van der Waals surface area contributed by atoms with Gasteiger partial charge in [0.2, 0.25) is 0 Å². The molecule has 36 heavy (non-hydrogen) atoms. The van der Waals surface area contributed by atoms with Crippen LogP contribution in [0.15, 0.2) is 30.6 Å². The zero-order valence-electron chi connectivity index (χ0n) is 24.3. The summed E-state index contributed by atoms with van der Waals surface area (Å²) in [7, 11) is 0. The van der Waals surface area contributed by atoms with Gasteiger partial charge in [-0.3, -0.25) is 0 Å². The Morgan fingerprint density at radius 3 is 1.19 bits per heavy atom. The number of aromatic nitrogens is 1. The van der Waals surface area contributed by atoms with E-state index in [0.717, 1.165) is 12.8 Å². The second-order valence-corrected chi connectivity index (χ2v) is 10.7. The summed E-state index contributed by atoms with van der Waals surface area (Å²) in [6.07, 6.45) is 35.4. The van der Waals surface area contributed by atoms with Gasteiger partial charge >= 0.3 is 0 Å². The van der Waals surface area contributed by atoms with E-state index < -0.39 is 5.97 Å². The number of aliphatic carboxylic acids is 1. The summed E-state index contributed by atoms with van der Waals surface area (Å²) in [6.45, 7) is 5.72. The minimum atomic E-state index is -0.903. The predicted octanol–water partition coefficient (Wildman–Crippen LogP) is 9.11. The Balaban J connectivity index is 0.000000696. The van der Waals surface area contributed by atoms with Crippen molar-refractivity contribution in [3.63, 3.8) is 0 Å². The third-order valence-electron chi connectivity index (χ3n) is 7.03. The van der Waals surface area contributed by atoms with E-state index in [1.54, 1.807) is 0 Å². The summed E-state index contributed by atoms with van der Waals surface area (Å²) in [5.41, 5.74) is 0. The van der Waals surface area contributed by atoms with Gasteiger partial charge in [-0.25, -0.2) is 4.57 Å². The van der Waals surface area contributed by atoms with Crippen LogP contribution in [0.3, 0.4) is 0 Å². The summed E-state index contributed by atoms with van der Waals surface area (Å²) < 4.78 is 2.27. The van der Waals surface area contributed by atoms with Gasteiger partial charge in [0.25, 0.3) is 0 Å². The molecule has 0 aliphatic rings. The standard InChI is InChI=1S/C18H36O2.C15H26N/c1-2-3-4-5-6-7-8-9-10-11-12-13-14-15-16-17-18(19)20;1-2-3-4-5-6-7-8-10-13-16-14-11-9-12-15-16/h2-17H2,1H3,(H,19,20);9,11-12,14-15H,2-8,10,13H2,1H3/q;+1/p-1. The summed E-state index contributed by atoms with van der Waals surface area (Å²) in [4.78, 5) is 10.2. The van der Waals surface area contributed by atoms with Crippen LogP contribution >= 0.6 is 0 Å². The zero-order chi connectivity index (χ0) is 26.4. The number of carboxylic acids is 1. The highest BCUT2D eigenvalue weighted by atomic mass is 16.4. The van der Waals surface area contributed by atoms with Crippen molar-refractivity contribution in [1.82, 2.24) is 0 Å². The summed E-state index contributed by atoms with van der Waals surface area (Å²) in [6, 6.07) is 6.28. The maximum Gasteiger partial charge on any atom is 0.168 e. The molecule has 0 bridgehead atoms. The average Bonchev–Trinajstić information content (AvgIpc) is 2.89. The number of nitrogens with zero attached hydrogens (tertiary/aromatic N) is 1. The van der Waals surface area contributed by atoms with Crippen molar-refractivity contribution in [2.24, 2.45) is 0 Å². The van der Waals surface area contributed by atoms with E-state index in [2.05, 4.69) is 49.0 Å². The monoisotopic (exact) mass is 503 g/mol. The highest BCUT2D eigenvalue weighted by molar-refractivity contribution is 5.64. The first-order valence-electron chi connectivity index (χ1n) is 15.8. The molecule has 0 fully saturated rings. The largest absolute Gasteiger partial charge is 0.550 e. The fraction of sp³-hybridized carbons (Fsp3) is 0.818. The van der Waals surface area contributed by atoms with E-state index in [1.165, 1.54) is 141 Å². The first-order valence-corrected chi connectivity index (χ1v) is 15.8. The van der Waals surface area contributed by atoms with Crippen LogP contribution in [-0.2, 0) is 11.3 Å². The average molecular weight is 504 g/mol. The molecule has 0 spiro atoms.